The van der Waals surface area contributed by atoms with Gasteiger partial charge in [-0.15, -0.1) is 0 Å². The Balaban J connectivity index is 2.32. The monoisotopic (exact) mass is 236 g/mol. The van der Waals surface area contributed by atoms with Crippen molar-refractivity contribution in [2.24, 2.45) is 0 Å². The van der Waals surface area contributed by atoms with Gasteiger partial charge in [0, 0.05) is 6.20 Å². The van der Waals surface area contributed by atoms with Gasteiger partial charge in [-0.3, -0.25) is 9.78 Å². The zero-order valence-electron chi connectivity index (χ0n) is 9.97. The largest absolute Gasteiger partial charge is 0.353 e. The molecule has 3 rings (SSSR count). The molecule has 0 atom stereocenters. The van der Waals surface area contributed by atoms with Gasteiger partial charge in [-0.2, -0.15) is 0 Å². The topological polar surface area (TPSA) is 45.8 Å². The van der Waals surface area contributed by atoms with Gasteiger partial charge in [0.25, 0.3) is 0 Å². The number of nitrogens with one attached hydrogen (secondary N) is 1. The third-order valence-electron chi connectivity index (χ3n) is 3.02. The van der Waals surface area contributed by atoms with Gasteiger partial charge in [0.2, 0.25) is 0 Å². The maximum Gasteiger partial charge on any atom is 0.154 e. The fourth-order valence-corrected chi connectivity index (χ4v) is 2.18. The van der Waals surface area contributed by atoms with E-state index in [0.29, 0.717) is 5.56 Å². The Morgan fingerprint density at radius 3 is 2.89 bits per heavy atom. The molecule has 18 heavy (non-hydrogen) atoms. The summed E-state index contributed by atoms with van der Waals surface area (Å²) in [6.45, 7) is 2.03. The van der Waals surface area contributed by atoms with E-state index in [1.165, 1.54) is 0 Å². The van der Waals surface area contributed by atoms with E-state index in [4.69, 9.17) is 0 Å². The molecule has 3 aromatic rings. The third kappa shape index (κ3) is 1.61. The van der Waals surface area contributed by atoms with Crippen molar-refractivity contribution in [1.82, 2.24) is 9.97 Å². The van der Waals surface area contributed by atoms with Gasteiger partial charge in [-0.1, -0.05) is 23.8 Å². The molecule has 0 aliphatic carbocycles. The predicted molar refractivity (Wildman–Crippen MR) is 71.7 cm³/mol. The van der Waals surface area contributed by atoms with Crippen molar-refractivity contribution in [3.63, 3.8) is 0 Å². The van der Waals surface area contributed by atoms with E-state index in [1.54, 1.807) is 6.20 Å². The lowest BCUT2D eigenvalue weighted by Crippen LogP contribution is -1.86. The summed E-state index contributed by atoms with van der Waals surface area (Å²) in [7, 11) is 0. The molecule has 0 saturated carbocycles. The van der Waals surface area contributed by atoms with E-state index in [2.05, 4.69) is 16.0 Å². The van der Waals surface area contributed by atoms with Crippen LogP contribution in [0.25, 0.3) is 22.3 Å². The van der Waals surface area contributed by atoms with Crippen LogP contribution in [0.3, 0.4) is 0 Å². The molecule has 0 saturated heterocycles. The zero-order valence-corrected chi connectivity index (χ0v) is 9.97. The van der Waals surface area contributed by atoms with Crippen molar-refractivity contribution < 1.29 is 4.79 Å². The summed E-state index contributed by atoms with van der Waals surface area (Å²) in [5, 5.41) is 0. The van der Waals surface area contributed by atoms with Gasteiger partial charge in [-0.05, 0) is 30.7 Å². The lowest BCUT2D eigenvalue weighted by Gasteiger charge is -2.00. The summed E-state index contributed by atoms with van der Waals surface area (Å²) < 4.78 is 0. The smallest absolute Gasteiger partial charge is 0.154 e. The molecule has 0 aliphatic rings. The second-order valence-corrected chi connectivity index (χ2v) is 4.30. The van der Waals surface area contributed by atoms with E-state index in [0.717, 1.165) is 34.1 Å². The molecule has 0 radical (unpaired) electrons. The third-order valence-corrected chi connectivity index (χ3v) is 3.02. The summed E-state index contributed by atoms with van der Waals surface area (Å²) in [5.41, 5.74) is 5.24. The molecule has 0 aliphatic heterocycles. The number of aryl methyl sites for hydroxylation is 1. The van der Waals surface area contributed by atoms with Gasteiger partial charge in [-0.25, -0.2) is 0 Å². The highest BCUT2D eigenvalue weighted by molar-refractivity contribution is 6.02. The van der Waals surface area contributed by atoms with Gasteiger partial charge >= 0.3 is 0 Å². The average molecular weight is 236 g/mol. The molecule has 2 heterocycles. The predicted octanol–water partition coefficient (Wildman–Crippen LogP) is 3.35. The molecular formula is C15H12N2O. The number of H-pyrrole nitrogens is 1. The number of fused-ring (bicyclic) bond motifs is 1. The number of aromatic amines is 1. The number of pyridine rings is 1. The lowest BCUT2D eigenvalue weighted by atomic mass is 10.1. The number of benzene rings is 1. The van der Waals surface area contributed by atoms with Gasteiger partial charge in [0.1, 0.15) is 0 Å². The number of carbonyl (C=O) groups is 1. The van der Waals surface area contributed by atoms with Crippen molar-refractivity contribution in [1.29, 1.82) is 0 Å². The molecule has 2 aromatic heterocycles. The average Bonchev–Trinajstić information content (AvgIpc) is 2.77. The van der Waals surface area contributed by atoms with Crippen LogP contribution in [-0.2, 0) is 0 Å². The molecule has 1 aromatic carbocycles. The highest BCUT2D eigenvalue weighted by atomic mass is 16.1. The number of rotatable bonds is 2. The molecular weight excluding hydrogens is 224 g/mol. The molecule has 3 nitrogen and oxygen atoms in total. The maximum atomic E-state index is 11.3. The van der Waals surface area contributed by atoms with Crippen LogP contribution in [0.4, 0.5) is 0 Å². The molecule has 0 bridgehead atoms. The summed E-state index contributed by atoms with van der Waals surface area (Å²) in [5.74, 6) is 0. The number of hydrogen-bond donors (Lipinski definition) is 1. The van der Waals surface area contributed by atoms with Gasteiger partial charge < -0.3 is 4.98 Å². The quantitative estimate of drug-likeness (QED) is 0.693. The Morgan fingerprint density at radius 1 is 1.22 bits per heavy atom. The number of aldehydes is 1. The number of nitrogens with zero attached hydrogens (tertiary/aromatic N) is 1. The van der Waals surface area contributed by atoms with Gasteiger partial charge in [0.15, 0.2) is 6.29 Å². The number of hydrogen-bond acceptors (Lipinski definition) is 2. The second-order valence-electron chi connectivity index (χ2n) is 4.30. The summed E-state index contributed by atoms with van der Waals surface area (Å²) in [6, 6.07) is 11.8. The second kappa shape index (κ2) is 4.11. The minimum absolute atomic E-state index is 0.621. The summed E-state index contributed by atoms with van der Waals surface area (Å²) >= 11 is 0. The van der Waals surface area contributed by atoms with Crippen LogP contribution in [0.15, 0.2) is 42.6 Å². The molecule has 0 amide bonds. The highest BCUT2D eigenvalue weighted by Gasteiger charge is 2.13. The highest BCUT2D eigenvalue weighted by Crippen LogP contribution is 2.28. The molecule has 0 unspecified atom stereocenters. The minimum atomic E-state index is 0.621. The normalized spacial score (nSPS) is 10.7. The molecule has 0 spiro atoms. The van der Waals surface area contributed by atoms with Crippen LogP contribution < -0.4 is 0 Å². The number of carbonyl (C=O) groups excluding carboxylic acids is 1. The first kappa shape index (κ1) is 10.7. The van der Waals surface area contributed by atoms with Crippen molar-refractivity contribution >= 4 is 17.3 Å². The fourth-order valence-electron chi connectivity index (χ4n) is 2.18. The number of aromatic nitrogens is 2. The van der Waals surface area contributed by atoms with Gasteiger partial charge in [0.05, 0.1) is 22.3 Å². The van der Waals surface area contributed by atoms with E-state index in [1.807, 2.05) is 37.3 Å². The van der Waals surface area contributed by atoms with E-state index in [-0.39, 0.29) is 0 Å². The Bertz CT molecular complexity index is 728. The van der Waals surface area contributed by atoms with E-state index in [9.17, 15) is 4.79 Å². The van der Waals surface area contributed by atoms with E-state index >= 15 is 0 Å². The Kier molecular flexibility index (Phi) is 2.45. The Hall–Kier alpha value is -2.42. The van der Waals surface area contributed by atoms with Crippen LogP contribution in [0.2, 0.25) is 0 Å². The fraction of sp³-hybridized carbons (Fsp3) is 0.0667. The zero-order chi connectivity index (χ0) is 12.5. The van der Waals surface area contributed by atoms with Crippen molar-refractivity contribution in [2.75, 3.05) is 0 Å². The van der Waals surface area contributed by atoms with Crippen LogP contribution in [-0.4, -0.2) is 16.3 Å². The lowest BCUT2D eigenvalue weighted by molar-refractivity contribution is 0.112. The summed E-state index contributed by atoms with van der Waals surface area (Å²) in [4.78, 5) is 18.8. The van der Waals surface area contributed by atoms with E-state index < -0.39 is 0 Å². The Labute approximate surface area is 104 Å². The minimum Gasteiger partial charge on any atom is -0.353 e. The standard InChI is InChI=1S/C15H12N2O/c1-10-4-2-5-11(8-10)14-12(9-18)15-13(17-14)6-3-7-16-15/h2-9,17H,1H3. The molecule has 1 N–H and O–H groups in total. The molecule has 0 fully saturated rings. The SMILES string of the molecule is Cc1cccc(-c2[nH]c3cccnc3c2C=O)c1. The van der Waals surface area contributed by atoms with Crippen LogP contribution in [0.1, 0.15) is 15.9 Å². The molecule has 88 valence electrons. The van der Waals surface area contributed by atoms with Crippen LogP contribution in [0, 0.1) is 6.92 Å². The van der Waals surface area contributed by atoms with Crippen molar-refractivity contribution in [3.8, 4) is 11.3 Å². The first-order valence-electron chi connectivity index (χ1n) is 5.78. The first-order valence-corrected chi connectivity index (χ1v) is 5.78. The first-order chi connectivity index (χ1) is 8.79. The van der Waals surface area contributed by atoms with Crippen molar-refractivity contribution in [2.45, 2.75) is 6.92 Å². The Morgan fingerprint density at radius 2 is 2.11 bits per heavy atom. The summed E-state index contributed by atoms with van der Waals surface area (Å²) in [6.07, 6.45) is 2.56. The van der Waals surface area contributed by atoms with Crippen molar-refractivity contribution in [3.05, 3.63) is 53.7 Å². The molecule has 3 heteroatoms. The maximum absolute atomic E-state index is 11.3. The van der Waals surface area contributed by atoms with Crippen LogP contribution in [0.5, 0.6) is 0 Å². The van der Waals surface area contributed by atoms with Crippen LogP contribution >= 0.6 is 0 Å².